The molecule has 0 aliphatic rings. The molecule has 0 bridgehead atoms. The van der Waals surface area contributed by atoms with Gasteiger partial charge in [-0.3, -0.25) is 19.1 Å². The van der Waals surface area contributed by atoms with Crippen LogP contribution in [-0.2, 0) is 11.3 Å². The van der Waals surface area contributed by atoms with Gasteiger partial charge in [0.25, 0.3) is 5.56 Å². The van der Waals surface area contributed by atoms with Gasteiger partial charge in [-0.1, -0.05) is 11.6 Å². The number of methoxy groups -OCH3 is 2. The van der Waals surface area contributed by atoms with E-state index in [0.29, 0.717) is 17.2 Å². The average Bonchev–Trinajstić information content (AvgIpc) is 2.51. The number of carbonyl (C=O) groups is 1. The summed E-state index contributed by atoms with van der Waals surface area (Å²) in [6, 6.07) is 4.16. The van der Waals surface area contributed by atoms with Gasteiger partial charge in [0.1, 0.15) is 6.54 Å². The molecule has 2 N–H and O–H groups in total. The molecule has 122 valence electrons. The maximum Gasteiger partial charge on any atom is 0.328 e. The third kappa shape index (κ3) is 3.92. The lowest BCUT2D eigenvalue weighted by atomic mass is 10.2. The lowest BCUT2D eigenvalue weighted by Crippen LogP contribution is -2.32. The monoisotopic (exact) mass is 339 g/mol. The Morgan fingerprint density at radius 1 is 1.26 bits per heavy atom. The minimum atomic E-state index is -0.675. The second-order valence-electron chi connectivity index (χ2n) is 4.47. The van der Waals surface area contributed by atoms with Crippen molar-refractivity contribution in [3.8, 4) is 11.5 Å². The van der Waals surface area contributed by atoms with Crippen LogP contribution in [0, 0.1) is 0 Å². The number of aromatic amines is 1. The zero-order valence-corrected chi connectivity index (χ0v) is 13.1. The normalized spacial score (nSPS) is 10.2. The molecule has 2 rings (SSSR count). The zero-order chi connectivity index (χ0) is 17.0. The quantitative estimate of drug-likeness (QED) is 0.840. The van der Waals surface area contributed by atoms with Crippen molar-refractivity contribution in [2.24, 2.45) is 0 Å². The van der Waals surface area contributed by atoms with Crippen molar-refractivity contribution in [2.75, 3.05) is 19.5 Å². The molecule has 0 saturated heterocycles. The Balaban J connectivity index is 2.20. The average molecular weight is 340 g/mol. The molecule has 0 atom stereocenters. The number of nitrogens with one attached hydrogen (secondary N) is 2. The molecule has 23 heavy (non-hydrogen) atoms. The van der Waals surface area contributed by atoms with Crippen molar-refractivity contribution in [2.45, 2.75) is 6.54 Å². The van der Waals surface area contributed by atoms with E-state index >= 15 is 0 Å². The first-order chi connectivity index (χ1) is 10.9. The molecule has 0 aliphatic carbocycles. The van der Waals surface area contributed by atoms with Gasteiger partial charge >= 0.3 is 5.69 Å². The Bertz CT molecular complexity index is 843. The van der Waals surface area contributed by atoms with Crippen LogP contribution >= 0.6 is 11.6 Å². The smallest absolute Gasteiger partial charge is 0.328 e. The van der Waals surface area contributed by atoms with Crippen LogP contribution in [0.3, 0.4) is 0 Å². The fourth-order valence-corrected chi connectivity index (χ4v) is 2.06. The molecule has 1 aromatic carbocycles. The standard InChI is InChI=1S/C14H14ClN3O5/c1-22-10-5-8(15)9(6-11(10)23-2)16-13(20)7-18-4-3-12(19)17-14(18)21/h3-6H,7H2,1-2H3,(H,16,20)(H,17,19,21). The number of carbonyl (C=O) groups excluding carboxylic acids is 1. The van der Waals surface area contributed by atoms with Gasteiger partial charge in [-0.2, -0.15) is 0 Å². The Hall–Kier alpha value is -2.74. The Labute approximate surface area is 135 Å². The summed E-state index contributed by atoms with van der Waals surface area (Å²) in [6.45, 7) is -0.277. The minimum absolute atomic E-state index is 0.254. The third-order valence-corrected chi connectivity index (χ3v) is 3.27. The zero-order valence-electron chi connectivity index (χ0n) is 12.4. The van der Waals surface area contributed by atoms with Gasteiger partial charge in [-0.05, 0) is 0 Å². The van der Waals surface area contributed by atoms with Gasteiger partial charge in [0, 0.05) is 24.4 Å². The lowest BCUT2D eigenvalue weighted by Gasteiger charge is -2.13. The minimum Gasteiger partial charge on any atom is -0.493 e. The van der Waals surface area contributed by atoms with Crippen LogP contribution in [0.15, 0.2) is 34.0 Å². The maximum atomic E-state index is 12.0. The summed E-state index contributed by atoms with van der Waals surface area (Å²) in [6.07, 6.45) is 1.23. The first kappa shape index (κ1) is 16.6. The molecular weight excluding hydrogens is 326 g/mol. The molecule has 9 heteroatoms. The number of nitrogens with zero attached hydrogens (tertiary/aromatic N) is 1. The fraction of sp³-hybridized carbons (Fsp3) is 0.214. The molecule has 1 aromatic heterocycles. The Morgan fingerprint density at radius 3 is 2.52 bits per heavy atom. The summed E-state index contributed by atoms with van der Waals surface area (Å²) in [7, 11) is 2.92. The largest absolute Gasteiger partial charge is 0.493 e. The van der Waals surface area contributed by atoms with Crippen LogP contribution in [0.1, 0.15) is 0 Å². The van der Waals surface area contributed by atoms with Gasteiger partial charge in [0.15, 0.2) is 11.5 Å². The predicted octanol–water partition coefficient (Wildman–Crippen LogP) is 0.846. The van der Waals surface area contributed by atoms with E-state index in [0.717, 1.165) is 10.6 Å². The highest BCUT2D eigenvalue weighted by Gasteiger charge is 2.13. The van der Waals surface area contributed by atoms with Gasteiger partial charge in [0.05, 0.1) is 24.9 Å². The highest BCUT2D eigenvalue weighted by atomic mass is 35.5. The third-order valence-electron chi connectivity index (χ3n) is 2.96. The van der Waals surface area contributed by atoms with Gasteiger partial charge in [-0.15, -0.1) is 0 Å². The van der Waals surface area contributed by atoms with E-state index in [1.165, 1.54) is 32.5 Å². The number of rotatable bonds is 5. The molecule has 2 aromatic rings. The van der Waals surface area contributed by atoms with Gasteiger partial charge in [0.2, 0.25) is 5.91 Å². The van der Waals surface area contributed by atoms with E-state index in [-0.39, 0.29) is 11.6 Å². The number of hydrogen-bond acceptors (Lipinski definition) is 5. The van der Waals surface area contributed by atoms with Crippen LogP contribution in [-0.4, -0.2) is 29.7 Å². The van der Waals surface area contributed by atoms with Crippen molar-refractivity contribution in [3.05, 3.63) is 50.3 Å². The molecule has 0 radical (unpaired) electrons. The Morgan fingerprint density at radius 2 is 1.91 bits per heavy atom. The molecule has 0 aliphatic heterocycles. The molecule has 1 amide bonds. The first-order valence-electron chi connectivity index (χ1n) is 6.45. The first-order valence-corrected chi connectivity index (χ1v) is 6.83. The number of anilines is 1. The summed E-state index contributed by atoms with van der Waals surface area (Å²) in [5.41, 5.74) is -0.896. The second-order valence-corrected chi connectivity index (χ2v) is 4.88. The van der Waals surface area contributed by atoms with Crippen molar-refractivity contribution in [1.82, 2.24) is 9.55 Å². The fourth-order valence-electron chi connectivity index (χ4n) is 1.86. The van der Waals surface area contributed by atoms with Gasteiger partial charge in [-0.25, -0.2) is 4.79 Å². The van der Waals surface area contributed by atoms with Crippen LogP contribution in [0.2, 0.25) is 5.02 Å². The van der Waals surface area contributed by atoms with E-state index in [2.05, 4.69) is 10.3 Å². The number of halogens is 1. The van der Waals surface area contributed by atoms with E-state index in [1.54, 1.807) is 0 Å². The number of aromatic nitrogens is 2. The van der Waals surface area contributed by atoms with Crippen molar-refractivity contribution in [3.63, 3.8) is 0 Å². The summed E-state index contributed by atoms with van der Waals surface area (Å²) < 4.78 is 11.3. The van der Waals surface area contributed by atoms with Crippen molar-refractivity contribution < 1.29 is 14.3 Å². The second kappa shape index (κ2) is 7.01. The van der Waals surface area contributed by atoms with Crippen molar-refractivity contribution in [1.29, 1.82) is 0 Å². The summed E-state index contributed by atoms with van der Waals surface area (Å²) in [5.74, 6) is 0.328. The highest BCUT2D eigenvalue weighted by Crippen LogP contribution is 2.35. The van der Waals surface area contributed by atoms with E-state index in [9.17, 15) is 14.4 Å². The molecule has 8 nitrogen and oxygen atoms in total. The molecule has 0 spiro atoms. The number of hydrogen-bond donors (Lipinski definition) is 2. The molecular formula is C14H14ClN3O5. The van der Waals surface area contributed by atoms with Gasteiger partial charge < -0.3 is 14.8 Å². The maximum absolute atomic E-state index is 12.0. The van der Waals surface area contributed by atoms with Crippen molar-refractivity contribution >= 4 is 23.2 Å². The Kier molecular flexibility index (Phi) is 5.07. The number of H-pyrrole nitrogens is 1. The summed E-state index contributed by atoms with van der Waals surface area (Å²) in [5, 5.41) is 2.82. The van der Waals surface area contributed by atoms with Crippen LogP contribution < -0.4 is 26.0 Å². The molecule has 0 saturated carbocycles. The SMILES string of the molecule is COc1cc(Cl)c(NC(=O)Cn2ccc(=O)[nH]c2=O)cc1OC. The van der Waals surface area contributed by atoms with Crippen LogP contribution in [0.4, 0.5) is 5.69 Å². The highest BCUT2D eigenvalue weighted by molar-refractivity contribution is 6.34. The van der Waals surface area contributed by atoms with E-state index < -0.39 is 17.2 Å². The molecule has 0 fully saturated rings. The number of ether oxygens (including phenoxy) is 2. The topological polar surface area (TPSA) is 102 Å². The van der Waals surface area contributed by atoms with E-state index in [1.807, 2.05) is 0 Å². The lowest BCUT2D eigenvalue weighted by molar-refractivity contribution is -0.116. The molecule has 0 unspecified atom stereocenters. The van der Waals surface area contributed by atoms with Crippen LogP contribution in [0.25, 0.3) is 0 Å². The summed E-state index contributed by atoms with van der Waals surface area (Å²) in [4.78, 5) is 36.6. The number of amides is 1. The predicted molar refractivity (Wildman–Crippen MR) is 84.5 cm³/mol. The molecule has 1 heterocycles. The summed E-state index contributed by atoms with van der Waals surface area (Å²) >= 11 is 6.07. The van der Waals surface area contributed by atoms with Crippen LogP contribution in [0.5, 0.6) is 11.5 Å². The van der Waals surface area contributed by atoms with E-state index in [4.69, 9.17) is 21.1 Å². The number of benzene rings is 1.